The molecule has 0 aliphatic carbocycles. The number of carbonyl (C=O) groups is 2. The average Bonchev–Trinajstić information content (AvgIpc) is 2.76. The van der Waals surface area contributed by atoms with Gasteiger partial charge in [-0.25, -0.2) is 0 Å². The van der Waals surface area contributed by atoms with Crippen LogP contribution in [0.1, 0.15) is 5.56 Å². The molecule has 1 fully saturated rings. The molecule has 0 atom stereocenters. The highest BCUT2D eigenvalue weighted by Gasteiger charge is 2.21. The number of benzene rings is 2. The van der Waals surface area contributed by atoms with Crippen molar-refractivity contribution in [3.63, 3.8) is 0 Å². The van der Waals surface area contributed by atoms with Gasteiger partial charge in [0, 0.05) is 32.7 Å². The third-order valence-corrected chi connectivity index (χ3v) is 4.83. The van der Waals surface area contributed by atoms with Crippen molar-refractivity contribution in [1.82, 2.24) is 15.1 Å². The van der Waals surface area contributed by atoms with Crippen LogP contribution in [0.4, 0.5) is 0 Å². The van der Waals surface area contributed by atoms with E-state index in [-0.39, 0.29) is 25.0 Å². The Kier molecular flexibility index (Phi) is 7.44. The lowest BCUT2D eigenvalue weighted by Gasteiger charge is -2.34. The van der Waals surface area contributed by atoms with Gasteiger partial charge in [-0.3, -0.25) is 14.5 Å². The third-order valence-electron chi connectivity index (χ3n) is 4.83. The Hall–Kier alpha value is -2.86. The Morgan fingerprint density at radius 3 is 2.21 bits per heavy atom. The summed E-state index contributed by atoms with van der Waals surface area (Å²) in [7, 11) is 0. The van der Waals surface area contributed by atoms with Gasteiger partial charge in [0.1, 0.15) is 5.75 Å². The number of ether oxygens (including phenoxy) is 1. The van der Waals surface area contributed by atoms with Gasteiger partial charge in [-0.1, -0.05) is 48.5 Å². The topological polar surface area (TPSA) is 61.9 Å². The normalized spacial score (nSPS) is 14.5. The maximum Gasteiger partial charge on any atom is 0.258 e. The van der Waals surface area contributed by atoms with Gasteiger partial charge in [-0.15, -0.1) is 0 Å². The van der Waals surface area contributed by atoms with Crippen molar-refractivity contribution >= 4 is 11.8 Å². The first-order chi connectivity index (χ1) is 13.7. The van der Waals surface area contributed by atoms with E-state index in [2.05, 4.69) is 34.5 Å². The minimum Gasteiger partial charge on any atom is -0.484 e. The van der Waals surface area contributed by atoms with Crippen molar-refractivity contribution in [3.8, 4) is 5.75 Å². The summed E-state index contributed by atoms with van der Waals surface area (Å²) >= 11 is 0. The number of hydrogen-bond donors (Lipinski definition) is 1. The van der Waals surface area contributed by atoms with E-state index >= 15 is 0 Å². The SMILES string of the molecule is O=C(COc1ccccc1)NCC(=O)N1CCN(CCc2ccccc2)CC1. The molecule has 0 aromatic heterocycles. The minimum absolute atomic E-state index is 0.0149. The summed E-state index contributed by atoms with van der Waals surface area (Å²) < 4.78 is 5.38. The van der Waals surface area contributed by atoms with E-state index in [9.17, 15) is 9.59 Å². The second-order valence-corrected chi connectivity index (χ2v) is 6.84. The lowest BCUT2D eigenvalue weighted by molar-refractivity contribution is -0.134. The highest BCUT2D eigenvalue weighted by Crippen LogP contribution is 2.08. The summed E-state index contributed by atoms with van der Waals surface area (Å²) in [5, 5.41) is 2.64. The highest BCUT2D eigenvalue weighted by atomic mass is 16.5. The van der Waals surface area contributed by atoms with Crippen LogP contribution in [0.15, 0.2) is 60.7 Å². The minimum atomic E-state index is -0.293. The number of para-hydroxylation sites is 1. The fraction of sp³-hybridized carbons (Fsp3) is 0.364. The maximum absolute atomic E-state index is 12.3. The van der Waals surface area contributed by atoms with Crippen LogP contribution in [0, 0.1) is 0 Å². The standard InChI is InChI=1S/C22H27N3O3/c26-21(18-28-20-9-5-2-6-10-20)23-17-22(27)25-15-13-24(14-16-25)12-11-19-7-3-1-4-8-19/h1-10H,11-18H2,(H,23,26). The van der Waals surface area contributed by atoms with Crippen LogP contribution < -0.4 is 10.1 Å². The van der Waals surface area contributed by atoms with Gasteiger partial charge in [0.15, 0.2) is 6.61 Å². The molecule has 1 aliphatic heterocycles. The molecule has 3 rings (SSSR count). The van der Waals surface area contributed by atoms with Crippen molar-refractivity contribution in [2.24, 2.45) is 0 Å². The molecule has 2 aromatic rings. The van der Waals surface area contributed by atoms with Gasteiger partial charge in [0.05, 0.1) is 6.54 Å². The fourth-order valence-electron chi connectivity index (χ4n) is 3.16. The van der Waals surface area contributed by atoms with Crippen LogP contribution in [-0.4, -0.2) is 67.5 Å². The van der Waals surface area contributed by atoms with Gasteiger partial charge < -0.3 is 15.0 Å². The molecule has 6 nitrogen and oxygen atoms in total. The first-order valence-corrected chi connectivity index (χ1v) is 9.69. The molecule has 0 radical (unpaired) electrons. The van der Waals surface area contributed by atoms with Crippen LogP contribution in [0.5, 0.6) is 5.75 Å². The fourth-order valence-corrected chi connectivity index (χ4v) is 3.16. The Bertz CT molecular complexity index is 744. The van der Waals surface area contributed by atoms with E-state index in [4.69, 9.17) is 4.74 Å². The first-order valence-electron chi connectivity index (χ1n) is 9.69. The molecule has 1 N–H and O–H groups in total. The molecule has 0 saturated carbocycles. The predicted molar refractivity (Wildman–Crippen MR) is 108 cm³/mol. The Balaban J connectivity index is 1.30. The highest BCUT2D eigenvalue weighted by molar-refractivity contribution is 5.85. The average molecular weight is 381 g/mol. The van der Waals surface area contributed by atoms with Crippen LogP contribution >= 0.6 is 0 Å². The van der Waals surface area contributed by atoms with Gasteiger partial charge >= 0.3 is 0 Å². The van der Waals surface area contributed by atoms with Crippen molar-refractivity contribution in [2.75, 3.05) is 45.9 Å². The van der Waals surface area contributed by atoms with Crippen molar-refractivity contribution in [2.45, 2.75) is 6.42 Å². The van der Waals surface area contributed by atoms with E-state index in [1.165, 1.54) is 5.56 Å². The molecule has 1 saturated heterocycles. The monoisotopic (exact) mass is 381 g/mol. The number of rotatable bonds is 8. The van der Waals surface area contributed by atoms with E-state index in [0.717, 1.165) is 26.1 Å². The zero-order valence-electron chi connectivity index (χ0n) is 16.0. The molecule has 28 heavy (non-hydrogen) atoms. The molecule has 1 heterocycles. The van der Waals surface area contributed by atoms with Gasteiger partial charge in [-0.2, -0.15) is 0 Å². The van der Waals surface area contributed by atoms with Gasteiger partial charge in [0.25, 0.3) is 5.91 Å². The molecule has 148 valence electrons. The van der Waals surface area contributed by atoms with Crippen molar-refractivity contribution in [3.05, 3.63) is 66.2 Å². The van der Waals surface area contributed by atoms with Crippen LogP contribution in [0.25, 0.3) is 0 Å². The number of nitrogens with one attached hydrogen (secondary N) is 1. The Morgan fingerprint density at radius 2 is 1.54 bits per heavy atom. The van der Waals surface area contributed by atoms with Crippen LogP contribution in [0.3, 0.4) is 0 Å². The smallest absolute Gasteiger partial charge is 0.258 e. The molecule has 1 aliphatic rings. The molecule has 6 heteroatoms. The Labute approximate surface area is 166 Å². The number of hydrogen-bond acceptors (Lipinski definition) is 4. The second kappa shape index (κ2) is 10.5. The second-order valence-electron chi connectivity index (χ2n) is 6.84. The first kappa shape index (κ1) is 19.9. The predicted octanol–water partition coefficient (Wildman–Crippen LogP) is 1.57. The zero-order chi connectivity index (χ0) is 19.6. The number of amides is 2. The molecule has 2 amide bonds. The summed E-state index contributed by atoms with van der Waals surface area (Å²) in [6.45, 7) is 4.05. The lowest BCUT2D eigenvalue weighted by atomic mass is 10.1. The number of piperazine rings is 1. The van der Waals surface area contributed by atoms with Gasteiger partial charge in [0.2, 0.25) is 5.91 Å². The van der Waals surface area contributed by atoms with E-state index in [1.54, 1.807) is 12.1 Å². The molecule has 0 bridgehead atoms. The lowest BCUT2D eigenvalue weighted by Crippen LogP contribution is -2.51. The summed E-state index contributed by atoms with van der Waals surface area (Å²) in [6, 6.07) is 19.6. The number of carbonyl (C=O) groups excluding carboxylic acids is 2. The van der Waals surface area contributed by atoms with Crippen molar-refractivity contribution < 1.29 is 14.3 Å². The molecule has 0 spiro atoms. The zero-order valence-corrected chi connectivity index (χ0v) is 16.0. The molecular formula is C22H27N3O3. The largest absolute Gasteiger partial charge is 0.484 e. The maximum atomic E-state index is 12.3. The van der Waals surface area contributed by atoms with Crippen LogP contribution in [0.2, 0.25) is 0 Å². The van der Waals surface area contributed by atoms with Crippen molar-refractivity contribution in [1.29, 1.82) is 0 Å². The molecular weight excluding hydrogens is 354 g/mol. The Morgan fingerprint density at radius 1 is 0.893 bits per heavy atom. The quantitative estimate of drug-likeness (QED) is 0.754. The van der Waals surface area contributed by atoms with E-state index in [0.29, 0.717) is 18.8 Å². The third kappa shape index (κ3) is 6.39. The summed E-state index contributed by atoms with van der Waals surface area (Å²) in [5.41, 5.74) is 1.33. The summed E-state index contributed by atoms with van der Waals surface area (Å²) in [4.78, 5) is 28.4. The molecule has 2 aromatic carbocycles. The van der Waals surface area contributed by atoms with E-state index < -0.39 is 0 Å². The number of nitrogens with zero attached hydrogens (tertiary/aromatic N) is 2. The summed E-state index contributed by atoms with van der Waals surface area (Å²) in [6.07, 6.45) is 1.02. The van der Waals surface area contributed by atoms with Crippen LogP contribution in [-0.2, 0) is 16.0 Å². The van der Waals surface area contributed by atoms with E-state index in [1.807, 2.05) is 29.2 Å². The van der Waals surface area contributed by atoms with Gasteiger partial charge in [-0.05, 0) is 24.1 Å². The molecule has 0 unspecified atom stereocenters. The summed E-state index contributed by atoms with van der Waals surface area (Å²) in [5.74, 6) is 0.296.